The summed E-state index contributed by atoms with van der Waals surface area (Å²) in [6, 6.07) is 0. The molecule has 1 N–H and O–H groups in total. The highest BCUT2D eigenvalue weighted by atomic mass is 35.5. The second-order valence-electron chi connectivity index (χ2n) is 4.26. The molecule has 1 aliphatic rings. The number of hydrogen-bond donors (Lipinski definition) is 1. The molecule has 0 atom stereocenters. The van der Waals surface area contributed by atoms with Gasteiger partial charge < -0.3 is 9.88 Å². The van der Waals surface area contributed by atoms with Crippen molar-refractivity contribution in [1.29, 1.82) is 0 Å². The summed E-state index contributed by atoms with van der Waals surface area (Å²) in [5.74, 6) is 0.944. The van der Waals surface area contributed by atoms with Crippen LogP contribution in [0.2, 0.25) is 0 Å². The van der Waals surface area contributed by atoms with Crippen LogP contribution in [0.1, 0.15) is 26.2 Å². The average Bonchev–Trinajstić information content (AvgIpc) is 2.25. The lowest BCUT2D eigenvalue weighted by Crippen LogP contribution is -2.48. The molecule has 4 nitrogen and oxygen atoms in total. The fourth-order valence-electron chi connectivity index (χ4n) is 1.93. The maximum Gasteiger partial charge on any atom is 0.293 e. The van der Waals surface area contributed by atoms with Crippen molar-refractivity contribution < 1.29 is 0 Å². The van der Waals surface area contributed by atoms with Crippen LogP contribution in [0.15, 0.2) is 17.2 Å². The molecule has 1 heterocycles. The molecule has 0 radical (unpaired) electrons. The van der Waals surface area contributed by atoms with Crippen molar-refractivity contribution >= 4 is 17.4 Å². The first-order valence-corrected chi connectivity index (χ1v) is 6.14. The number of aromatic nitrogens is 2. The normalized spacial score (nSPS) is 17.9. The lowest BCUT2D eigenvalue weighted by molar-refractivity contribution is 0.309. The third kappa shape index (κ3) is 1.94. The zero-order valence-corrected chi connectivity index (χ0v) is 10.1. The van der Waals surface area contributed by atoms with Gasteiger partial charge in [-0.1, -0.05) is 0 Å². The van der Waals surface area contributed by atoms with Crippen molar-refractivity contribution in [2.24, 2.45) is 0 Å². The molecule has 16 heavy (non-hydrogen) atoms. The average molecular weight is 242 g/mol. The van der Waals surface area contributed by atoms with Crippen LogP contribution in [0.4, 0.5) is 5.82 Å². The fourth-order valence-corrected chi connectivity index (χ4v) is 2.26. The van der Waals surface area contributed by atoms with E-state index in [1.807, 2.05) is 6.92 Å². The Bertz CT molecular complexity index is 420. The Morgan fingerprint density at radius 3 is 2.88 bits per heavy atom. The number of alkyl halides is 1. The van der Waals surface area contributed by atoms with Gasteiger partial charge in [-0.15, -0.1) is 11.6 Å². The zero-order valence-electron chi connectivity index (χ0n) is 9.37. The number of aryl methyl sites for hydroxylation is 1. The van der Waals surface area contributed by atoms with Crippen LogP contribution in [0.25, 0.3) is 0 Å². The van der Waals surface area contributed by atoms with E-state index in [1.165, 1.54) is 0 Å². The Morgan fingerprint density at radius 2 is 2.38 bits per heavy atom. The molecule has 0 spiro atoms. The van der Waals surface area contributed by atoms with Gasteiger partial charge in [-0.3, -0.25) is 4.79 Å². The van der Waals surface area contributed by atoms with E-state index in [9.17, 15) is 4.79 Å². The molecule has 1 aliphatic carbocycles. The van der Waals surface area contributed by atoms with Gasteiger partial charge in [-0.25, -0.2) is 4.98 Å². The van der Waals surface area contributed by atoms with Crippen LogP contribution in [-0.4, -0.2) is 21.0 Å². The Balaban J connectivity index is 2.24. The van der Waals surface area contributed by atoms with Gasteiger partial charge in [0, 0.05) is 24.8 Å². The van der Waals surface area contributed by atoms with Crippen molar-refractivity contribution in [2.45, 2.75) is 38.3 Å². The summed E-state index contributed by atoms with van der Waals surface area (Å²) < 4.78 is 1.63. The lowest BCUT2D eigenvalue weighted by atomic mass is 9.78. The number of hydrogen-bond acceptors (Lipinski definition) is 3. The van der Waals surface area contributed by atoms with Crippen LogP contribution in [-0.2, 0) is 6.54 Å². The lowest BCUT2D eigenvalue weighted by Gasteiger charge is -2.41. The molecule has 1 aromatic rings. The molecule has 5 heteroatoms. The molecule has 1 saturated carbocycles. The molecule has 0 amide bonds. The predicted molar refractivity (Wildman–Crippen MR) is 65.1 cm³/mol. The van der Waals surface area contributed by atoms with Crippen molar-refractivity contribution in [2.75, 3.05) is 11.2 Å². The molecule has 0 aromatic carbocycles. The summed E-state index contributed by atoms with van der Waals surface area (Å²) in [6.45, 7) is 2.59. The van der Waals surface area contributed by atoms with Crippen LogP contribution in [0, 0.1) is 0 Å². The van der Waals surface area contributed by atoms with E-state index in [2.05, 4.69) is 10.3 Å². The van der Waals surface area contributed by atoms with E-state index >= 15 is 0 Å². The van der Waals surface area contributed by atoms with Crippen molar-refractivity contribution in [3.05, 3.63) is 22.7 Å². The van der Waals surface area contributed by atoms with Crippen LogP contribution in [0.3, 0.4) is 0 Å². The Labute approximate surface area is 99.6 Å². The van der Waals surface area contributed by atoms with E-state index in [0.29, 0.717) is 18.2 Å². The van der Waals surface area contributed by atoms with Gasteiger partial charge >= 0.3 is 0 Å². The molecule has 88 valence electrons. The molecule has 0 aliphatic heterocycles. The molecule has 1 aromatic heterocycles. The summed E-state index contributed by atoms with van der Waals surface area (Å²) in [6.07, 6.45) is 6.53. The summed E-state index contributed by atoms with van der Waals surface area (Å²) in [5.41, 5.74) is -0.179. The molecule has 0 saturated heterocycles. The highest BCUT2D eigenvalue weighted by Crippen LogP contribution is 2.35. The predicted octanol–water partition coefficient (Wildman–Crippen LogP) is 1.84. The quantitative estimate of drug-likeness (QED) is 0.819. The van der Waals surface area contributed by atoms with E-state index in [1.54, 1.807) is 17.0 Å². The van der Waals surface area contributed by atoms with Crippen molar-refractivity contribution in [1.82, 2.24) is 9.55 Å². The summed E-state index contributed by atoms with van der Waals surface area (Å²) in [4.78, 5) is 16.0. The second kappa shape index (κ2) is 4.45. The molecule has 0 bridgehead atoms. The first-order valence-electron chi connectivity index (χ1n) is 5.60. The SMILES string of the molecule is CCn1ccnc(NC2(CCl)CCC2)c1=O. The molecular formula is C11H16ClN3O. The molecule has 2 rings (SSSR count). The van der Waals surface area contributed by atoms with Gasteiger partial charge in [0.25, 0.3) is 5.56 Å². The minimum absolute atomic E-state index is 0.0682. The minimum atomic E-state index is -0.110. The summed E-state index contributed by atoms with van der Waals surface area (Å²) in [5, 5.41) is 3.21. The maximum atomic E-state index is 11.9. The van der Waals surface area contributed by atoms with E-state index in [-0.39, 0.29) is 11.1 Å². The largest absolute Gasteiger partial charge is 0.359 e. The maximum absolute atomic E-state index is 11.9. The monoisotopic (exact) mass is 241 g/mol. The van der Waals surface area contributed by atoms with Gasteiger partial charge in [0.2, 0.25) is 0 Å². The zero-order chi connectivity index (χ0) is 11.6. The second-order valence-corrected chi connectivity index (χ2v) is 4.53. The highest BCUT2D eigenvalue weighted by Gasteiger charge is 2.36. The Kier molecular flexibility index (Phi) is 3.19. The Morgan fingerprint density at radius 1 is 1.62 bits per heavy atom. The number of halogens is 1. The van der Waals surface area contributed by atoms with E-state index in [0.717, 1.165) is 19.3 Å². The third-order valence-electron chi connectivity index (χ3n) is 3.20. The summed E-state index contributed by atoms with van der Waals surface area (Å²) >= 11 is 5.94. The third-order valence-corrected chi connectivity index (χ3v) is 3.72. The van der Waals surface area contributed by atoms with Crippen LogP contribution >= 0.6 is 11.6 Å². The minimum Gasteiger partial charge on any atom is -0.359 e. The van der Waals surface area contributed by atoms with Gasteiger partial charge in [0.05, 0.1) is 5.54 Å². The first-order chi connectivity index (χ1) is 7.71. The van der Waals surface area contributed by atoms with Crippen molar-refractivity contribution in [3.63, 3.8) is 0 Å². The van der Waals surface area contributed by atoms with E-state index < -0.39 is 0 Å². The highest BCUT2D eigenvalue weighted by molar-refractivity contribution is 6.18. The fraction of sp³-hybridized carbons (Fsp3) is 0.636. The van der Waals surface area contributed by atoms with Gasteiger partial charge in [0.1, 0.15) is 0 Å². The van der Waals surface area contributed by atoms with E-state index in [4.69, 9.17) is 11.6 Å². The van der Waals surface area contributed by atoms with Gasteiger partial charge in [-0.2, -0.15) is 0 Å². The number of nitrogens with zero attached hydrogens (tertiary/aromatic N) is 2. The van der Waals surface area contributed by atoms with Gasteiger partial charge in [-0.05, 0) is 26.2 Å². The van der Waals surface area contributed by atoms with Gasteiger partial charge in [0.15, 0.2) is 5.82 Å². The Hall–Kier alpha value is -1.03. The smallest absolute Gasteiger partial charge is 0.293 e. The standard InChI is InChI=1S/C11H16ClN3O/c1-2-15-7-6-13-9(10(15)16)14-11(8-12)4-3-5-11/h6-7H,2-5,8H2,1H3,(H,13,14). The molecule has 1 fully saturated rings. The number of nitrogens with one attached hydrogen (secondary N) is 1. The number of rotatable bonds is 4. The topological polar surface area (TPSA) is 46.9 Å². The van der Waals surface area contributed by atoms with Crippen LogP contribution in [0.5, 0.6) is 0 Å². The molecular weight excluding hydrogens is 226 g/mol. The van der Waals surface area contributed by atoms with Crippen LogP contribution < -0.4 is 10.9 Å². The first kappa shape index (κ1) is 11.5. The van der Waals surface area contributed by atoms with Crippen molar-refractivity contribution in [3.8, 4) is 0 Å². The number of anilines is 1. The summed E-state index contributed by atoms with van der Waals surface area (Å²) in [7, 11) is 0. The molecule has 0 unspecified atom stereocenters.